The summed E-state index contributed by atoms with van der Waals surface area (Å²) in [5.74, 6) is 3.09. The van der Waals surface area contributed by atoms with Gasteiger partial charge in [-0.05, 0) is 102 Å². The van der Waals surface area contributed by atoms with Crippen LogP contribution in [0.2, 0.25) is 0 Å². The molecular weight excluding hydrogens is 613 g/mol. The molecule has 0 nitrogen and oxygen atoms in total. The first-order valence-electron chi connectivity index (χ1n) is 19.5. The van der Waals surface area contributed by atoms with Crippen molar-refractivity contribution in [2.45, 2.75) is 189 Å². The molecule has 1 aliphatic carbocycles. The molecule has 0 bridgehead atoms. The van der Waals surface area contributed by atoms with Gasteiger partial charge in [-0.3, -0.25) is 0 Å². The number of rotatable bonds is 7. The molecule has 0 amide bonds. The van der Waals surface area contributed by atoms with Crippen molar-refractivity contribution in [2.24, 2.45) is 27.6 Å². The maximum atomic E-state index is 2.32. The largest absolute Gasteiger partial charge is 0.0776 e. The van der Waals surface area contributed by atoms with Gasteiger partial charge in [0.2, 0.25) is 0 Å². The van der Waals surface area contributed by atoms with Gasteiger partial charge in [0.1, 0.15) is 0 Å². The molecule has 1 saturated carbocycles. The molecular formula is C51H88. The summed E-state index contributed by atoms with van der Waals surface area (Å²) in [6.45, 7) is 38.9. The zero-order chi connectivity index (χ0) is 37.6. The Labute approximate surface area is 322 Å². The van der Waals surface area contributed by atoms with Crippen molar-refractivity contribution < 1.29 is 0 Å². The topological polar surface area (TPSA) is 0 Å². The molecule has 0 heterocycles. The minimum absolute atomic E-state index is 0. The van der Waals surface area contributed by atoms with E-state index in [0.29, 0.717) is 39.4 Å². The Morgan fingerprint density at radius 1 is 0.431 bits per heavy atom. The average molecular weight is 701 g/mol. The van der Waals surface area contributed by atoms with E-state index >= 15 is 0 Å². The van der Waals surface area contributed by atoms with E-state index in [-0.39, 0.29) is 14.9 Å². The molecule has 1 aliphatic rings. The highest BCUT2D eigenvalue weighted by atomic mass is 14.3. The normalized spacial score (nSPS) is 14.7. The second-order valence-corrected chi connectivity index (χ2v) is 20.4. The quantitative estimate of drug-likeness (QED) is 0.230. The van der Waals surface area contributed by atoms with Crippen LogP contribution in [0.3, 0.4) is 0 Å². The van der Waals surface area contributed by atoms with Crippen LogP contribution in [-0.4, -0.2) is 0 Å². The molecule has 0 heteroatoms. The Bertz CT molecular complexity index is 1200. The van der Waals surface area contributed by atoms with Gasteiger partial charge in [0.15, 0.2) is 0 Å². The molecule has 3 aromatic carbocycles. The number of benzene rings is 3. The standard InChI is InChI=1S/2C14H22.C13H20.C8H16.2CH4/c2*1-11-6-8-13(9-7-11)12(2)10-14(3,4)5;1-11(10-13(2,3)4)12-8-6-5-7-9-12;1-8(2,3)6-7-4-5-7;;/h2*6-9,12H,10H2,1-5H3;5-9,11H,10H2,1-4H3;7H,4-6H2,1-3H3;2*1H4. The zero-order valence-corrected chi connectivity index (χ0v) is 35.6. The predicted molar refractivity (Wildman–Crippen MR) is 237 cm³/mol. The number of hydrogen-bond donors (Lipinski definition) is 0. The molecule has 0 aromatic heterocycles. The molecule has 0 spiro atoms. The van der Waals surface area contributed by atoms with Crippen LogP contribution in [0.1, 0.15) is 203 Å². The Balaban J connectivity index is 0. The van der Waals surface area contributed by atoms with Crippen molar-refractivity contribution in [3.63, 3.8) is 0 Å². The smallest absolute Gasteiger partial charge is 0.0185 e. The molecule has 0 radical (unpaired) electrons. The lowest BCUT2D eigenvalue weighted by molar-refractivity contribution is 0.348. The SMILES string of the molecule is C.C.CC(C)(C)CC1CC1.CC(CC(C)(C)C)c1ccccc1.Cc1ccc(C(C)CC(C)(C)C)cc1.Cc1ccc(C(C)CC(C)(C)C)cc1. The third-order valence-electron chi connectivity index (χ3n) is 9.02. The van der Waals surface area contributed by atoms with Crippen molar-refractivity contribution in [3.8, 4) is 0 Å². The summed E-state index contributed by atoms with van der Waals surface area (Å²) in [6.07, 6.45) is 8.17. The summed E-state index contributed by atoms with van der Waals surface area (Å²) < 4.78 is 0. The third kappa shape index (κ3) is 27.0. The van der Waals surface area contributed by atoms with Gasteiger partial charge in [-0.15, -0.1) is 0 Å². The first-order chi connectivity index (χ1) is 22.3. The lowest BCUT2D eigenvalue weighted by Crippen LogP contribution is -2.09. The molecule has 0 saturated heterocycles. The average Bonchev–Trinajstić information content (AvgIpc) is 3.75. The highest BCUT2D eigenvalue weighted by Crippen LogP contribution is 2.39. The van der Waals surface area contributed by atoms with E-state index in [0.717, 1.165) is 5.92 Å². The predicted octanol–water partition coefficient (Wildman–Crippen LogP) is 17.4. The second kappa shape index (κ2) is 22.7. The first kappa shape index (κ1) is 50.8. The Hall–Kier alpha value is -2.34. The van der Waals surface area contributed by atoms with Crippen molar-refractivity contribution in [1.82, 2.24) is 0 Å². The Morgan fingerprint density at radius 3 is 0.922 bits per heavy atom. The number of hydrogen-bond acceptors (Lipinski definition) is 0. The maximum Gasteiger partial charge on any atom is -0.0185 e. The number of aryl methyl sites for hydroxylation is 2. The molecule has 4 rings (SSSR count). The fourth-order valence-corrected chi connectivity index (χ4v) is 6.87. The van der Waals surface area contributed by atoms with Crippen molar-refractivity contribution in [3.05, 3.63) is 107 Å². The molecule has 0 aliphatic heterocycles. The lowest BCUT2D eigenvalue weighted by atomic mass is 9.82. The van der Waals surface area contributed by atoms with Gasteiger partial charge in [0, 0.05) is 0 Å². The van der Waals surface area contributed by atoms with E-state index in [1.807, 2.05) is 0 Å². The molecule has 0 N–H and O–H groups in total. The fourth-order valence-electron chi connectivity index (χ4n) is 6.87. The summed E-state index contributed by atoms with van der Waals surface area (Å²) in [7, 11) is 0. The summed E-state index contributed by atoms with van der Waals surface area (Å²) in [4.78, 5) is 0. The zero-order valence-electron chi connectivity index (χ0n) is 35.6. The summed E-state index contributed by atoms with van der Waals surface area (Å²) in [5, 5.41) is 0. The van der Waals surface area contributed by atoms with Gasteiger partial charge in [-0.2, -0.15) is 0 Å². The summed E-state index contributed by atoms with van der Waals surface area (Å²) >= 11 is 0. The van der Waals surface area contributed by atoms with Crippen LogP contribution in [0.4, 0.5) is 0 Å². The van der Waals surface area contributed by atoms with Gasteiger partial charge in [0.25, 0.3) is 0 Å². The van der Waals surface area contributed by atoms with E-state index in [4.69, 9.17) is 0 Å². The van der Waals surface area contributed by atoms with E-state index in [2.05, 4.69) is 197 Å². The molecule has 51 heavy (non-hydrogen) atoms. The van der Waals surface area contributed by atoms with Gasteiger partial charge in [-0.1, -0.05) is 222 Å². The van der Waals surface area contributed by atoms with Gasteiger partial charge in [0.05, 0.1) is 0 Å². The molecule has 3 aromatic rings. The first-order valence-corrected chi connectivity index (χ1v) is 19.5. The third-order valence-corrected chi connectivity index (χ3v) is 9.02. The van der Waals surface area contributed by atoms with Crippen LogP contribution in [0.5, 0.6) is 0 Å². The van der Waals surface area contributed by atoms with Gasteiger partial charge >= 0.3 is 0 Å². The lowest BCUT2D eigenvalue weighted by Gasteiger charge is -2.23. The van der Waals surface area contributed by atoms with E-state index < -0.39 is 0 Å². The van der Waals surface area contributed by atoms with E-state index in [1.165, 1.54) is 66.3 Å². The van der Waals surface area contributed by atoms with Crippen LogP contribution in [-0.2, 0) is 0 Å². The second-order valence-electron chi connectivity index (χ2n) is 20.4. The van der Waals surface area contributed by atoms with Crippen molar-refractivity contribution in [2.75, 3.05) is 0 Å². The molecule has 1 fully saturated rings. The molecule has 3 unspecified atom stereocenters. The van der Waals surface area contributed by atoms with Crippen LogP contribution in [0.25, 0.3) is 0 Å². The highest BCUT2D eigenvalue weighted by molar-refractivity contribution is 5.25. The maximum absolute atomic E-state index is 2.32. The molecule has 292 valence electrons. The Morgan fingerprint density at radius 2 is 0.706 bits per heavy atom. The monoisotopic (exact) mass is 701 g/mol. The van der Waals surface area contributed by atoms with Crippen molar-refractivity contribution in [1.29, 1.82) is 0 Å². The van der Waals surface area contributed by atoms with Crippen LogP contribution in [0.15, 0.2) is 78.9 Å². The summed E-state index contributed by atoms with van der Waals surface area (Å²) in [6, 6.07) is 28.6. The molecule has 3 atom stereocenters. The van der Waals surface area contributed by atoms with E-state index in [1.54, 1.807) is 0 Å². The van der Waals surface area contributed by atoms with Gasteiger partial charge < -0.3 is 0 Å². The fraction of sp³-hybridized carbons (Fsp3) is 0.647. The van der Waals surface area contributed by atoms with Gasteiger partial charge in [-0.25, -0.2) is 0 Å². The van der Waals surface area contributed by atoms with Crippen LogP contribution in [0, 0.1) is 41.4 Å². The highest BCUT2D eigenvalue weighted by Gasteiger charge is 2.26. The Kier molecular flexibility index (Phi) is 22.6. The van der Waals surface area contributed by atoms with Crippen LogP contribution < -0.4 is 0 Å². The van der Waals surface area contributed by atoms with Crippen molar-refractivity contribution >= 4 is 0 Å². The van der Waals surface area contributed by atoms with Crippen LogP contribution >= 0.6 is 0 Å². The minimum Gasteiger partial charge on any atom is -0.0776 e. The minimum atomic E-state index is 0. The van der Waals surface area contributed by atoms with E-state index in [9.17, 15) is 0 Å². The summed E-state index contributed by atoms with van der Waals surface area (Å²) in [5.41, 5.74) is 8.92.